The summed E-state index contributed by atoms with van der Waals surface area (Å²) in [6.07, 6.45) is 0.924. The van der Waals surface area contributed by atoms with Crippen molar-refractivity contribution >= 4 is 67.4 Å². The van der Waals surface area contributed by atoms with Crippen LogP contribution in [0.15, 0.2) is 46.9 Å². The second-order valence-corrected chi connectivity index (χ2v) is 7.42. The van der Waals surface area contributed by atoms with Crippen LogP contribution in [0.5, 0.6) is 5.75 Å². The van der Waals surface area contributed by atoms with E-state index in [9.17, 15) is 4.79 Å². The number of carbonyl (C=O) groups is 1. The summed E-state index contributed by atoms with van der Waals surface area (Å²) < 4.78 is 7.44. The van der Waals surface area contributed by atoms with Crippen LogP contribution in [0.1, 0.15) is 23.7 Å². The van der Waals surface area contributed by atoms with Gasteiger partial charge in [0.05, 0.1) is 11.1 Å². The maximum Gasteiger partial charge on any atom is 0.257 e. The molecule has 126 valence electrons. The van der Waals surface area contributed by atoms with Gasteiger partial charge in [0.1, 0.15) is 5.75 Å². The number of amides is 1. The van der Waals surface area contributed by atoms with Crippen LogP contribution in [0.3, 0.4) is 0 Å². The molecule has 0 aromatic heterocycles. The Bertz CT molecular complexity index is 738. The fourth-order valence-corrected chi connectivity index (χ4v) is 2.91. The Balaban J connectivity index is 1.97. The van der Waals surface area contributed by atoms with Gasteiger partial charge in [-0.3, -0.25) is 10.1 Å². The predicted molar refractivity (Wildman–Crippen MR) is 113 cm³/mol. The first kappa shape index (κ1) is 19.1. The van der Waals surface area contributed by atoms with Gasteiger partial charge in [0, 0.05) is 14.8 Å². The quantitative estimate of drug-likeness (QED) is 0.433. The molecule has 0 heterocycles. The Hall–Kier alpha value is -1.19. The van der Waals surface area contributed by atoms with Crippen LogP contribution in [0.4, 0.5) is 5.69 Å². The number of anilines is 1. The molecule has 7 heteroatoms. The predicted octanol–water partition coefficient (Wildman–Crippen LogP) is 4.97. The van der Waals surface area contributed by atoms with E-state index in [0.717, 1.165) is 20.2 Å². The SMILES string of the molecule is CCCOc1ccc(C(=O)NC(=S)Nc2ccc(I)cc2)cc1Br. The van der Waals surface area contributed by atoms with Crippen LogP contribution >= 0.6 is 50.7 Å². The molecule has 0 unspecified atom stereocenters. The van der Waals surface area contributed by atoms with Gasteiger partial charge in [0.2, 0.25) is 0 Å². The topological polar surface area (TPSA) is 50.4 Å². The second-order valence-electron chi connectivity index (χ2n) is 4.91. The first-order chi connectivity index (χ1) is 11.5. The molecule has 1 amide bonds. The summed E-state index contributed by atoms with van der Waals surface area (Å²) in [5.41, 5.74) is 1.32. The standard InChI is InChI=1S/C17H16BrIN2O2S/c1-2-9-23-15-8-3-11(10-14(15)18)16(22)21-17(24)20-13-6-4-12(19)5-7-13/h3-8,10H,2,9H2,1H3,(H2,20,21,22,24). The summed E-state index contributed by atoms with van der Waals surface area (Å²) >= 11 is 10.8. The van der Waals surface area contributed by atoms with Crippen molar-refractivity contribution < 1.29 is 9.53 Å². The van der Waals surface area contributed by atoms with E-state index in [4.69, 9.17) is 17.0 Å². The van der Waals surface area contributed by atoms with Crippen molar-refractivity contribution in [2.24, 2.45) is 0 Å². The van der Waals surface area contributed by atoms with E-state index in [1.165, 1.54) is 0 Å². The molecule has 0 bridgehead atoms. The summed E-state index contributed by atoms with van der Waals surface area (Å²) in [6, 6.07) is 12.9. The first-order valence-corrected chi connectivity index (χ1v) is 9.58. The Morgan fingerprint density at radius 2 is 1.96 bits per heavy atom. The lowest BCUT2D eigenvalue weighted by Gasteiger charge is -2.11. The fraction of sp³-hybridized carbons (Fsp3) is 0.176. The van der Waals surface area contributed by atoms with E-state index in [1.54, 1.807) is 18.2 Å². The number of rotatable bonds is 5. The van der Waals surface area contributed by atoms with E-state index in [2.05, 4.69) is 49.2 Å². The number of hydrogen-bond donors (Lipinski definition) is 2. The van der Waals surface area contributed by atoms with E-state index in [-0.39, 0.29) is 11.0 Å². The highest BCUT2D eigenvalue weighted by Crippen LogP contribution is 2.26. The zero-order valence-corrected chi connectivity index (χ0v) is 17.5. The molecule has 0 aliphatic heterocycles. The molecule has 0 spiro atoms. The maximum absolute atomic E-state index is 12.3. The van der Waals surface area contributed by atoms with Crippen molar-refractivity contribution in [3.05, 3.63) is 56.1 Å². The van der Waals surface area contributed by atoms with Gasteiger partial charge in [0.15, 0.2) is 5.11 Å². The highest BCUT2D eigenvalue weighted by atomic mass is 127. The highest BCUT2D eigenvalue weighted by molar-refractivity contribution is 14.1. The molecular weight excluding hydrogens is 503 g/mol. The fourth-order valence-electron chi connectivity index (χ4n) is 1.84. The minimum atomic E-state index is -0.277. The number of hydrogen-bond acceptors (Lipinski definition) is 3. The molecule has 2 N–H and O–H groups in total. The Kier molecular flexibility index (Phi) is 7.44. The molecular formula is C17H16BrIN2O2S. The maximum atomic E-state index is 12.3. The minimum Gasteiger partial charge on any atom is -0.492 e. The van der Waals surface area contributed by atoms with Gasteiger partial charge in [-0.1, -0.05) is 6.92 Å². The number of ether oxygens (including phenoxy) is 1. The summed E-state index contributed by atoms with van der Waals surface area (Å²) in [6.45, 7) is 2.67. The van der Waals surface area contributed by atoms with E-state index in [1.807, 2.05) is 31.2 Å². The molecule has 0 aliphatic rings. The average Bonchev–Trinajstić information content (AvgIpc) is 2.55. The van der Waals surface area contributed by atoms with Crippen molar-refractivity contribution in [1.29, 1.82) is 0 Å². The highest BCUT2D eigenvalue weighted by Gasteiger charge is 2.11. The van der Waals surface area contributed by atoms with Crippen molar-refractivity contribution in [3.63, 3.8) is 0 Å². The van der Waals surface area contributed by atoms with E-state index < -0.39 is 0 Å². The molecule has 0 radical (unpaired) electrons. The third kappa shape index (κ3) is 5.71. The summed E-state index contributed by atoms with van der Waals surface area (Å²) in [5, 5.41) is 5.90. The molecule has 0 saturated carbocycles. The lowest BCUT2D eigenvalue weighted by molar-refractivity contribution is 0.0977. The monoisotopic (exact) mass is 518 g/mol. The molecule has 2 aromatic carbocycles. The van der Waals surface area contributed by atoms with Crippen molar-refractivity contribution in [3.8, 4) is 5.75 Å². The number of nitrogens with one attached hydrogen (secondary N) is 2. The normalized spacial score (nSPS) is 10.1. The molecule has 0 atom stereocenters. The van der Waals surface area contributed by atoms with E-state index >= 15 is 0 Å². The van der Waals surface area contributed by atoms with Gasteiger partial charge in [-0.05, 0) is 99.6 Å². The van der Waals surface area contributed by atoms with Crippen LogP contribution in [0.25, 0.3) is 0 Å². The largest absolute Gasteiger partial charge is 0.492 e. The smallest absolute Gasteiger partial charge is 0.257 e. The van der Waals surface area contributed by atoms with E-state index in [0.29, 0.717) is 17.9 Å². The summed E-state index contributed by atoms with van der Waals surface area (Å²) in [5.74, 6) is 0.439. The average molecular weight is 519 g/mol. The zero-order valence-electron chi connectivity index (χ0n) is 12.9. The van der Waals surface area contributed by atoms with Crippen molar-refractivity contribution in [1.82, 2.24) is 5.32 Å². The Labute approximate surface area is 168 Å². The Morgan fingerprint density at radius 1 is 1.25 bits per heavy atom. The Morgan fingerprint density at radius 3 is 2.58 bits per heavy atom. The summed E-state index contributed by atoms with van der Waals surface area (Å²) in [4.78, 5) is 12.3. The van der Waals surface area contributed by atoms with Gasteiger partial charge >= 0.3 is 0 Å². The van der Waals surface area contributed by atoms with Crippen LogP contribution in [-0.2, 0) is 0 Å². The molecule has 0 saturated heterocycles. The summed E-state index contributed by atoms with van der Waals surface area (Å²) in [7, 11) is 0. The van der Waals surface area contributed by atoms with Crippen molar-refractivity contribution in [2.75, 3.05) is 11.9 Å². The van der Waals surface area contributed by atoms with Gasteiger partial charge in [-0.15, -0.1) is 0 Å². The lowest BCUT2D eigenvalue weighted by Crippen LogP contribution is -2.34. The van der Waals surface area contributed by atoms with Gasteiger partial charge in [-0.25, -0.2) is 0 Å². The third-order valence-corrected chi connectivity index (χ3v) is 4.53. The minimum absolute atomic E-state index is 0.253. The lowest BCUT2D eigenvalue weighted by atomic mass is 10.2. The number of thiocarbonyl (C=S) groups is 1. The van der Waals surface area contributed by atoms with Crippen LogP contribution in [-0.4, -0.2) is 17.6 Å². The molecule has 2 rings (SSSR count). The molecule has 0 fully saturated rings. The number of benzene rings is 2. The van der Waals surface area contributed by atoms with Crippen molar-refractivity contribution in [2.45, 2.75) is 13.3 Å². The van der Waals surface area contributed by atoms with Gasteiger partial charge in [-0.2, -0.15) is 0 Å². The second kappa shape index (κ2) is 9.33. The number of carbonyl (C=O) groups excluding carboxylic acids is 1. The molecule has 4 nitrogen and oxygen atoms in total. The molecule has 24 heavy (non-hydrogen) atoms. The first-order valence-electron chi connectivity index (χ1n) is 7.30. The van der Waals surface area contributed by atoms with Gasteiger partial charge in [0.25, 0.3) is 5.91 Å². The molecule has 2 aromatic rings. The van der Waals surface area contributed by atoms with Crippen LogP contribution in [0.2, 0.25) is 0 Å². The number of halogens is 2. The van der Waals surface area contributed by atoms with Crippen LogP contribution < -0.4 is 15.4 Å². The third-order valence-electron chi connectivity index (χ3n) is 2.98. The van der Waals surface area contributed by atoms with Gasteiger partial charge < -0.3 is 10.1 Å². The molecule has 0 aliphatic carbocycles. The zero-order chi connectivity index (χ0) is 17.5. The van der Waals surface area contributed by atoms with Crippen LogP contribution in [0, 0.1) is 3.57 Å².